The second-order valence-corrected chi connectivity index (χ2v) is 7.58. The van der Waals surface area contributed by atoms with Gasteiger partial charge in [-0.1, -0.05) is 12.1 Å². The lowest BCUT2D eigenvalue weighted by atomic mass is 10.2. The van der Waals surface area contributed by atoms with Gasteiger partial charge in [0.05, 0.1) is 23.2 Å². The number of rotatable bonds is 6. The van der Waals surface area contributed by atoms with Crippen molar-refractivity contribution < 1.29 is 14.3 Å². The Morgan fingerprint density at radius 2 is 1.97 bits per heavy atom. The molecule has 2 heterocycles. The van der Waals surface area contributed by atoms with E-state index in [0.29, 0.717) is 42.2 Å². The maximum atomic E-state index is 12.7. The van der Waals surface area contributed by atoms with E-state index in [1.165, 1.54) is 11.8 Å². The minimum absolute atomic E-state index is 0.0248. The van der Waals surface area contributed by atoms with E-state index in [0.717, 1.165) is 10.6 Å². The molecule has 0 aliphatic carbocycles. The number of thioether (sulfide) groups is 1. The standard InChI is InChI=1S/C21H21N3O4S/c1-2-24(12-19-22-16-6-4-3-5-15(16)21(26)23-19)20(25)13-29-14-7-8-17-18(11-14)28-10-9-27-17/h3-8,11H,2,9-10,12-13H2,1H3,(H,22,23,26). The van der Waals surface area contributed by atoms with Crippen molar-refractivity contribution in [3.05, 3.63) is 58.6 Å². The van der Waals surface area contributed by atoms with E-state index in [4.69, 9.17) is 9.47 Å². The van der Waals surface area contributed by atoms with Gasteiger partial charge >= 0.3 is 0 Å². The summed E-state index contributed by atoms with van der Waals surface area (Å²) in [5.41, 5.74) is 0.431. The molecule has 3 aromatic rings. The van der Waals surface area contributed by atoms with Gasteiger partial charge in [0.25, 0.3) is 5.56 Å². The lowest BCUT2D eigenvalue weighted by Crippen LogP contribution is -2.33. The number of aromatic amines is 1. The molecule has 0 atom stereocenters. The molecule has 0 unspecified atom stereocenters. The zero-order chi connectivity index (χ0) is 20.2. The number of ether oxygens (including phenoxy) is 2. The molecule has 29 heavy (non-hydrogen) atoms. The number of hydrogen-bond donors (Lipinski definition) is 1. The Labute approximate surface area is 172 Å². The molecule has 4 rings (SSSR count). The summed E-state index contributed by atoms with van der Waals surface area (Å²) in [7, 11) is 0. The van der Waals surface area contributed by atoms with Crippen LogP contribution in [0.2, 0.25) is 0 Å². The van der Waals surface area contributed by atoms with Gasteiger partial charge in [-0.15, -0.1) is 11.8 Å². The van der Waals surface area contributed by atoms with Crippen molar-refractivity contribution in [2.75, 3.05) is 25.5 Å². The van der Waals surface area contributed by atoms with Crippen LogP contribution in [0.15, 0.2) is 52.2 Å². The third-order valence-corrected chi connectivity index (χ3v) is 5.59. The summed E-state index contributed by atoms with van der Waals surface area (Å²) in [4.78, 5) is 34.8. The molecular formula is C21H21N3O4S. The molecule has 1 aromatic heterocycles. The van der Waals surface area contributed by atoms with E-state index in [1.54, 1.807) is 23.1 Å². The fourth-order valence-electron chi connectivity index (χ4n) is 3.12. The molecule has 7 nitrogen and oxygen atoms in total. The van der Waals surface area contributed by atoms with Gasteiger partial charge in [0.1, 0.15) is 19.0 Å². The summed E-state index contributed by atoms with van der Waals surface area (Å²) < 4.78 is 11.1. The third-order valence-electron chi connectivity index (χ3n) is 4.61. The average molecular weight is 411 g/mol. The molecule has 2 aromatic carbocycles. The van der Waals surface area contributed by atoms with Crippen LogP contribution in [-0.2, 0) is 11.3 Å². The zero-order valence-electron chi connectivity index (χ0n) is 16.0. The van der Waals surface area contributed by atoms with Crippen molar-refractivity contribution in [1.29, 1.82) is 0 Å². The van der Waals surface area contributed by atoms with E-state index >= 15 is 0 Å². The van der Waals surface area contributed by atoms with Gasteiger partial charge in [-0.3, -0.25) is 9.59 Å². The lowest BCUT2D eigenvalue weighted by molar-refractivity contribution is -0.128. The maximum Gasteiger partial charge on any atom is 0.258 e. The van der Waals surface area contributed by atoms with Crippen LogP contribution < -0.4 is 15.0 Å². The number of nitrogens with one attached hydrogen (secondary N) is 1. The Kier molecular flexibility index (Phi) is 5.71. The molecule has 0 bridgehead atoms. The topological polar surface area (TPSA) is 84.5 Å². The molecule has 1 amide bonds. The van der Waals surface area contributed by atoms with Crippen molar-refractivity contribution in [3.63, 3.8) is 0 Å². The van der Waals surface area contributed by atoms with E-state index in [1.807, 2.05) is 31.2 Å². The van der Waals surface area contributed by atoms with Crippen LogP contribution in [0.3, 0.4) is 0 Å². The van der Waals surface area contributed by atoms with E-state index in [2.05, 4.69) is 9.97 Å². The van der Waals surface area contributed by atoms with Gasteiger partial charge in [-0.25, -0.2) is 4.98 Å². The Morgan fingerprint density at radius 1 is 1.17 bits per heavy atom. The fraction of sp³-hybridized carbons (Fsp3) is 0.286. The molecule has 1 aliphatic rings. The highest BCUT2D eigenvalue weighted by Gasteiger charge is 2.16. The van der Waals surface area contributed by atoms with Crippen LogP contribution in [0.1, 0.15) is 12.7 Å². The van der Waals surface area contributed by atoms with Crippen molar-refractivity contribution in [2.45, 2.75) is 18.4 Å². The molecular weight excluding hydrogens is 390 g/mol. The third kappa shape index (κ3) is 4.37. The van der Waals surface area contributed by atoms with Crippen molar-refractivity contribution >= 4 is 28.6 Å². The van der Waals surface area contributed by atoms with Crippen molar-refractivity contribution in [1.82, 2.24) is 14.9 Å². The van der Waals surface area contributed by atoms with Crippen LogP contribution in [0.4, 0.5) is 0 Å². The first-order valence-electron chi connectivity index (χ1n) is 9.42. The first-order chi connectivity index (χ1) is 14.1. The summed E-state index contributed by atoms with van der Waals surface area (Å²) in [6, 6.07) is 12.8. The van der Waals surface area contributed by atoms with Crippen LogP contribution in [-0.4, -0.2) is 46.3 Å². The molecule has 0 spiro atoms. The summed E-state index contributed by atoms with van der Waals surface area (Å²) in [6.07, 6.45) is 0. The van der Waals surface area contributed by atoms with Gasteiger partial charge in [-0.05, 0) is 37.3 Å². The number of fused-ring (bicyclic) bond motifs is 2. The number of H-pyrrole nitrogens is 1. The number of nitrogens with zero attached hydrogens (tertiary/aromatic N) is 2. The molecule has 0 saturated heterocycles. The molecule has 0 radical (unpaired) electrons. The minimum atomic E-state index is -0.195. The van der Waals surface area contributed by atoms with Crippen LogP contribution in [0.5, 0.6) is 11.5 Å². The Morgan fingerprint density at radius 3 is 2.79 bits per heavy atom. The molecule has 150 valence electrons. The lowest BCUT2D eigenvalue weighted by Gasteiger charge is -2.21. The average Bonchev–Trinajstić information content (AvgIpc) is 2.75. The quantitative estimate of drug-likeness (QED) is 0.628. The van der Waals surface area contributed by atoms with Gasteiger partial charge < -0.3 is 19.4 Å². The fourth-order valence-corrected chi connectivity index (χ4v) is 3.94. The van der Waals surface area contributed by atoms with Crippen LogP contribution in [0.25, 0.3) is 10.9 Å². The monoisotopic (exact) mass is 411 g/mol. The SMILES string of the molecule is CCN(Cc1nc2ccccc2c(=O)[nH]1)C(=O)CSc1ccc2c(c1)OCCO2. The molecule has 8 heteroatoms. The molecule has 0 fully saturated rings. The van der Waals surface area contributed by atoms with E-state index in [9.17, 15) is 9.59 Å². The molecule has 1 N–H and O–H groups in total. The predicted octanol–water partition coefficient (Wildman–Crippen LogP) is 2.84. The number of carbonyl (C=O) groups is 1. The van der Waals surface area contributed by atoms with Gasteiger partial charge in [0.15, 0.2) is 11.5 Å². The first kappa shape index (κ1) is 19.3. The first-order valence-corrected chi connectivity index (χ1v) is 10.4. The second kappa shape index (κ2) is 8.57. The van der Waals surface area contributed by atoms with Crippen LogP contribution >= 0.6 is 11.8 Å². The van der Waals surface area contributed by atoms with Gasteiger partial charge in [0, 0.05) is 11.4 Å². The largest absolute Gasteiger partial charge is 0.486 e. The van der Waals surface area contributed by atoms with Crippen molar-refractivity contribution in [2.24, 2.45) is 0 Å². The normalized spacial score (nSPS) is 12.7. The van der Waals surface area contributed by atoms with Crippen molar-refractivity contribution in [3.8, 4) is 11.5 Å². The number of hydrogen-bond acceptors (Lipinski definition) is 6. The highest BCUT2D eigenvalue weighted by atomic mass is 32.2. The molecule has 1 aliphatic heterocycles. The summed E-state index contributed by atoms with van der Waals surface area (Å²) >= 11 is 1.44. The Hall–Kier alpha value is -3.00. The number of aromatic nitrogens is 2. The van der Waals surface area contributed by atoms with E-state index in [-0.39, 0.29) is 23.8 Å². The number of carbonyl (C=O) groups excluding carboxylic acids is 1. The predicted molar refractivity (Wildman–Crippen MR) is 112 cm³/mol. The molecule has 0 saturated carbocycles. The number of amides is 1. The van der Waals surface area contributed by atoms with Gasteiger partial charge in [0.2, 0.25) is 5.91 Å². The Balaban J connectivity index is 1.43. The summed E-state index contributed by atoms with van der Waals surface area (Å²) in [5, 5.41) is 0.541. The highest BCUT2D eigenvalue weighted by molar-refractivity contribution is 8.00. The zero-order valence-corrected chi connectivity index (χ0v) is 16.8. The minimum Gasteiger partial charge on any atom is -0.486 e. The smallest absolute Gasteiger partial charge is 0.258 e. The summed E-state index contributed by atoms with van der Waals surface area (Å²) in [5.74, 6) is 2.18. The second-order valence-electron chi connectivity index (χ2n) is 6.53. The summed E-state index contributed by atoms with van der Waals surface area (Å²) in [6.45, 7) is 3.77. The Bertz CT molecular complexity index is 1100. The highest BCUT2D eigenvalue weighted by Crippen LogP contribution is 2.34. The number of para-hydroxylation sites is 1. The van der Waals surface area contributed by atoms with Gasteiger partial charge in [-0.2, -0.15) is 0 Å². The number of benzene rings is 2. The van der Waals surface area contributed by atoms with Crippen LogP contribution in [0, 0.1) is 0 Å². The van der Waals surface area contributed by atoms with E-state index < -0.39 is 0 Å². The maximum absolute atomic E-state index is 12.7.